The quantitative estimate of drug-likeness (QED) is 0.726. The Morgan fingerprint density at radius 1 is 0.960 bits per heavy atom. The minimum absolute atomic E-state index is 0.161. The maximum absolute atomic E-state index is 12.7. The van der Waals surface area contributed by atoms with Crippen molar-refractivity contribution in [2.24, 2.45) is 0 Å². The third-order valence-corrected chi connectivity index (χ3v) is 4.21. The molecular formula is C21H27NO3. The van der Waals surface area contributed by atoms with Crippen LogP contribution >= 0.6 is 0 Å². The van der Waals surface area contributed by atoms with Gasteiger partial charge in [0.2, 0.25) is 5.91 Å². The first-order valence-corrected chi connectivity index (χ1v) is 8.59. The Bertz CT molecular complexity index is 683. The number of benzene rings is 2. The molecular weight excluding hydrogens is 314 g/mol. The van der Waals surface area contributed by atoms with Gasteiger partial charge < -0.3 is 14.4 Å². The Morgan fingerprint density at radius 3 is 2.24 bits per heavy atom. The Morgan fingerprint density at radius 2 is 1.64 bits per heavy atom. The summed E-state index contributed by atoms with van der Waals surface area (Å²) in [5, 5.41) is 0. The molecule has 1 amide bonds. The SMILES string of the molecule is COc1ccc(CCC(=O)N(Cc2ccccc2)C(C)C)cc1OC. The van der Waals surface area contributed by atoms with Gasteiger partial charge in [-0.3, -0.25) is 4.79 Å². The molecule has 0 bridgehead atoms. The van der Waals surface area contributed by atoms with Gasteiger partial charge in [0.1, 0.15) is 0 Å². The maximum atomic E-state index is 12.7. The summed E-state index contributed by atoms with van der Waals surface area (Å²) in [7, 11) is 3.23. The summed E-state index contributed by atoms with van der Waals surface area (Å²) in [5.41, 5.74) is 2.21. The van der Waals surface area contributed by atoms with E-state index < -0.39 is 0 Å². The number of carbonyl (C=O) groups excluding carboxylic acids is 1. The number of hydrogen-bond donors (Lipinski definition) is 0. The van der Waals surface area contributed by atoms with Crippen LogP contribution < -0.4 is 9.47 Å². The van der Waals surface area contributed by atoms with Crippen LogP contribution in [0.25, 0.3) is 0 Å². The molecule has 0 radical (unpaired) electrons. The van der Waals surface area contributed by atoms with Crippen LogP contribution in [-0.4, -0.2) is 31.1 Å². The molecule has 0 N–H and O–H groups in total. The van der Waals surface area contributed by atoms with Gasteiger partial charge in [0.25, 0.3) is 0 Å². The van der Waals surface area contributed by atoms with Crippen LogP contribution in [0, 0.1) is 0 Å². The van der Waals surface area contributed by atoms with Crippen LogP contribution in [0.1, 0.15) is 31.4 Å². The lowest BCUT2D eigenvalue weighted by molar-refractivity contribution is -0.133. The van der Waals surface area contributed by atoms with Crippen LogP contribution in [0.15, 0.2) is 48.5 Å². The van der Waals surface area contributed by atoms with Gasteiger partial charge in [-0.2, -0.15) is 0 Å². The average molecular weight is 341 g/mol. The number of ether oxygens (including phenoxy) is 2. The van der Waals surface area contributed by atoms with E-state index in [0.717, 1.165) is 11.1 Å². The number of methoxy groups -OCH3 is 2. The zero-order valence-corrected chi connectivity index (χ0v) is 15.5. The van der Waals surface area contributed by atoms with Crippen LogP contribution in [0.5, 0.6) is 11.5 Å². The van der Waals surface area contributed by atoms with Gasteiger partial charge in [0.15, 0.2) is 11.5 Å². The van der Waals surface area contributed by atoms with Gasteiger partial charge in [0, 0.05) is 19.0 Å². The van der Waals surface area contributed by atoms with Gasteiger partial charge in [0.05, 0.1) is 14.2 Å². The highest BCUT2D eigenvalue weighted by Gasteiger charge is 2.17. The zero-order valence-electron chi connectivity index (χ0n) is 15.5. The van der Waals surface area contributed by atoms with E-state index in [4.69, 9.17) is 9.47 Å². The second-order valence-corrected chi connectivity index (χ2v) is 6.29. The molecule has 0 unspecified atom stereocenters. The normalized spacial score (nSPS) is 10.6. The third-order valence-electron chi connectivity index (χ3n) is 4.21. The molecule has 0 heterocycles. The zero-order chi connectivity index (χ0) is 18.2. The molecule has 0 aliphatic rings. The topological polar surface area (TPSA) is 38.8 Å². The van der Waals surface area contributed by atoms with Gasteiger partial charge >= 0.3 is 0 Å². The summed E-state index contributed by atoms with van der Waals surface area (Å²) in [6.07, 6.45) is 1.15. The van der Waals surface area contributed by atoms with Gasteiger partial charge in [-0.25, -0.2) is 0 Å². The molecule has 25 heavy (non-hydrogen) atoms. The second-order valence-electron chi connectivity index (χ2n) is 6.29. The first-order chi connectivity index (χ1) is 12.0. The summed E-state index contributed by atoms with van der Waals surface area (Å²) in [6.45, 7) is 4.75. The summed E-state index contributed by atoms with van der Waals surface area (Å²) in [6, 6.07) is 16.1. The average Bonchev–Trinajstić information content (AvgIpc) is 2.64. The molecule has 0 saturated carbocycles. The molecule has 4 nitrogen and oxygen atoms in total. The molecule has 0 saturated heterocycles. The smallest absolute Gasteiger partial charge is 0.223 e. The predicted molar refractivity (Wildman–Crippen MR) is 100.0 cm³/mol. The van der Waals surface area contributed by atoms with Crippen molar-refractivity contribution >= 4 is 5.91 Å². The van der Waals surface area contributed by atoms with Crippen LogP contribution in [0.2, 0.25) is 0 Å². The predicted octanol–water partition coefficient (Wildman–Crippen LogP) is 4.07. The minimum Gasteiger partial charge on any atom is -0.493 e. The minimum atomic E-state index is 0.161. The number of aryl methyl sites for hydroxylation is 1. The van der Waals surface area contributed by atoms with E-state index in [0.29, 0.717) is 30.9 Å². The third kappa shape index (κ3) is 5.24. The first-order valence-electron chi connectivity index (χ1n) is 8.59. The van der Waals surface area contributed by atoms with Gasteiger partial charge in [-0.05, 0) is 43.5 Å². The second kappa shape index (κ2) is 9.11. The monoisotopic (exact) mass is 341 g/mol. The van der Waals surface area contributed by atoms with Crippen molar-refractivity contribution in [1.82, 2.24) is 4.90 Å². The highest BCUT2D eigenvalue weighted by Crippen LogP contribution is 2.28. The van der Waals surface area contributed by atoms with Crippen molar-refractivity contribution < 1.29 is 14.3 Å². The molecule has 0 aromatic heterocycles. The van der Waals surface area contributed by atoms with Crippen molar-refractivity contribution in [3.05, 3.63) is 59.7 Å². The highest BCUT2D eigenvalue weighted by molar-refractivity contribution is 5.76. The Kier molecular flexibility index (Phi) is 6.87. The number of amides is 1. The number of carbonyl (C=O) groups is 1. The highest BCUT2D eigenvalue weighted by atomic mass is 16.5. The maximum Gasteiger partial charge on any atom is 0.223 e. The molecule has 2 aromatic rings. The molecule has 4 heteroatoms. The van der Waals surface area contributed by atoms with E-state index >= 15 is 0 Å². The number of hydrogen-bond acceptors (Lipinski definition) is 3. The molecule has 134 valence electrons. The molecule has 0 fully saturated rings. The van der Waals surface area contributed by atoms with Crippen molar-refractivity contribution in [3.63, 3.8) is 0 Å². The first kappa shape index (κ1) is 18.8. The van der Waals surface area contributed by atoms with E-state index in [9.17, 15) is 4.79 Å². The van der Waals surface area contributed by atoms with E-state index in [1.807, 2.05) is 41.3 Å². The molecule has 2 aromatic carbocycles. The molecule has 0 atom stereocenters. The molecule has 2 rings (SSSR count). The molecule has 0 aliphatic carbocycles. The van der Waals surface area contributed by atoms with Crippen LogP contribution in [-0.2, 0) is 17.8 Å². The van der Waals surface area contributed by atoms with E-state index in [-0.39, 0.29) is 11.9 Å². The summed E-state index contributed by atoms with van der Waals surface area (Å²) >= 11 is 0. The molecule has 0 aliphatic heterocycles. The fourth-order valence-electron chi connectivity index (χ4n) is 2.77. The summed E-state index contributed by atoms with van der Waals surface area (Å²) < 4.78 is 10.6. The van der Waals surface area contributed by atoms with Crippen LogP contribution in [0.4, 0.5) is 0 Å². The lowest BCUT2D eigenvalue weighted by atomic mass is 10.1. The Balaban J connectivity index is 2.01. The summed E-state index contributed by atoms with van der Waals surface area (Å²) in [4.78, 5) is 14.6. The van der Waals surface area contributed by atoms with Crippen molar-refractivity contribution in [2.45, 2.75) is 39.3 Å². The fourth-order valence-corrected chi connectivity index (χ4v) is 2.77. The van der Waals surface area contributed by atoms with E-state index in [1.165, 1.54) is 0 Å². The number of nitrogens with zero attached hydrogens (tertiary/aromatic N) is 1. The van der Waals surface area contributed by atoms with Crippen LogP contribution in [0.3, 0.4) is 0 Å². The number of rotatable bonds is 8. The van der Waals surface area contributed by atoms with Gasteiger partial charge in [-0.15, -0.1) is 0 Å². The van der Waals surface area contributed by atoms with Crippen molar-refractivity contribution in [1.29, 1.82) is 0 Å². The van der Waals surface area contributed by atoms with Crippen molar-refractivity contribution in [2.75, 3.05) is 14.2 Å². The Hall–Kier alpha value is -2.49. The Labute approximate surface area is 150 Å². The standard InChI is InChI=1S/C21H27NO3/c1-16(2)22(15-18-8-6-5-7-9-18)21(23)13-11-17-10-12-19(24-3)20(14-17)25-4/h5-10,12,14,16H,11,13,15H2,1-4H3. The largest absolute Gasteiger partial charge is 0.493 e. The van der Waals surface area contributed by atoms with Gasteiger partial charge in [-0.1, -0.05) is 36.4 Å². The summed E-state index contributed by atoms with van der Waals surface area (Å²) in [5.74, 6) is 1.55. The lowest BCUT2D eigenvalue weighted by Gasteiger charge is -2.27. The van der Waals surface area contributed by atoms with Crippen molar-refractivity contribution in [3.8, 4) is 11.5 Å². The fraction of sp³-hybridized carbons (Fsp3) is 0.381. The van der Waals surface area contributed by atoms with E-state index in [2.05, 4.69) is 26.0 Å². The lowest BCUT2D eigenvalue weighted by Crippen LogP contribution is -2.36. The van der Waals surface area contributed by atoms with E-state index in [1.54, 1.807) is 14.2 Å². The molecule has 0 spiro atoms.